The Bertz CT molecular complexity index is 436. The Hall–Kier alpha value is -1.14. The molecule has 3 aliphatic rings. The van der Waals surface area contributed by atoms with Gasteiger partial charge in [0.1, 0.15) is 0 Å². The number of carbonyl (C=O) groups is 2. The van der Waals surface area contributed by atoms with E-state index in [1.165, 1.54) is 32.4 Å². The zero-order valence-electron chi connectivity index (χ0n) is 14.3. The third kappa shape index (κ3) is 4.44. The Morgan fingerprint density at radius 1 is 1.00 bits per heavy atom. The van der Waals surface area contributed by atoms with E-state index >= 15 is 0 Å². The summed E-state index contributed by atoms with van der Waals surface area (Å²) in [6.07, 6.45) is 5.81. The molecule has 23 heavy (non-hydrogen) atoms. The molecule has 130 valence electrons. The molecule has 0 radical (unpaired) electrons. The molecular formula is C17H30N4O2. The maximum absolute atomic E-state index is 12.6. The number of nitrogens with zero attached hydrogens (tertiary/aromatic N) is 3. The van der Waals surface area contributed by atoms with Gasteiger partial charge in [0.2, 0.25) is 11.8 Å². The SMILES string of the molecule is CC(=O)NC1CCCN(C(=O)CN2CCC(N3CCCC3)C2)C1. The summed E-state index contributed by atoms with van der Waals surface area (Å²) in [5, 5.41) is 2.95. The van der Waals surface area contributed by atoms with Crippen LogP contribution < -0.4 is 5.32 Å². The van der Waals surface area contributed by atoms with Crippen molar-refractivity contribution in [1.82, 2.24) is 20.0 Å². The van der Waals surface area contributed by atoms with Crippen LogP contribution in [0.25, 0.3) is 0 Å². The molecule has 0 spiro atoms. The Kier molecular flexibility index (Phi) is 5.54. The summed E-state index contributed by atoms with van der Waals surface area (Å²) in [6.45, 7) is 8.12. The van der Waals surface area contributed by atoms with Crippen LogP contribution >= 0.6 is 0 Å². The molecule has 3 rings (SSSR count). The van der Waals surface area contributed by atoms with Crippen molar-refractivity contribution in [3.63, 3.8) is 0 Å². The topological polar surface area (TPSA) is 55.9 Å². The number of likely N-dealkylation sites (tertiary alicyclic amines) is 3. The van der Waals surface area contributed by atoms with E-state index in [9.17, 15) is 9.59 Å². The highest BCUT2D eigenvalue weighted by Crippen LogP contribution is 2.20. The molecule has 3 aliphatic heterocycles. The quantitative estimate of drug-likeness (QED) is 0.808. The number of hydrogen-bond acceptors (Lipinski definition) is 4. The van der Waals surface area contributed by atoms with Crippen LogP contribution in [0.1, 0.15) is 39.0 Å². The van der Waals surface area contributed by atoms with Crippen molar-refractivity contribution in [2.24, 2.45) is 0 Å². The van der Waals surface area contributed by atoms with Gasteiger partial charge in [-0.15, -0.1) is 0 Å². The first-order valence-electron chi connectivity index (χ1n) is 9.13. The van der Waals surface area contributed by atoms with E-state index in [2.05, 4.69) is 15.1 Å². The van der Waals surface area contributed by atoms with Gasteiger partial charge < -0.3 is 10.2 Å². The van der Waals surface area contributed by atoms with Gasteiger partial charge in [0.05, 0.1) is 6.54 Å². The summed E-state index contributed by atoms with van der Waals surface area (Å²) < 4.78 is 0. The first-order valence-corrected chi connectivity index (χ1v) is 9.13. The molecule has 6 heteroatoms. The fourth-order valence-electron chi connectivity index (χ4n) is 4.26. The normalized spacial score (nSPS) is 29.9. The van der Waals surface area contributed by atoms with Crippen LogP contribution in [0.2, 0.25) is 0 Å². The lowest BCUT2D eigenvalue weighted by molar-refractivity contribution is -0.134. The molecule has 0 aromatic carbocycles. The highest BCUT2D eigenvalue weighted by atomic mass is 16.2. The van der Waals surface area contributed by atoms with Crippen LogP contribution in [0, 0.1) is 0 Å². The minimum absolute atomic E-state index is 0.00250. The van der Waals surface area contributed by atoms with Crippen LogP contribution in [-0.4, -0.2) is 84.4 Å². The van der Waals surface area contributed by atoms with Crippen LogP contribution in [-0.2, 0) is 9.59 Å². The average molecular weight is 322 g/mol. The van der Waals surface area contributed by atoms with Crippen LogP contribution in [0.4, 0.5) is 0 Å². The van der Waals surface area contributed by atoms with E-state index < -0.39 is 0 Å². The van der Waals surface area contributed by atoms with E-state index in [1.54, 1.807) is 6.92 Å². The summed E-state index contributed by atoms with van der Waals surface area (Å²) in [5.41, 5.74) is 0. The number of piperidine rings is 1. The second kappa shape index (κ2) is 7.62. The van der Waals surface area contributed by atoms with E-state index in [0.717, 1.165) is 32.5 Å². The van der Waals surface area contributed by atoms with Crippen molar-refractivity contribution in [3.05, 3.63) is 0 Å². The lowest BCUT2D eigenvalue weighted by Crippen LogP contribution is -2.51. The van der Waals surface area contributed by atoms with E-state index in [4.69, 9.17) is 0 Å². The Labute approximate surface area is 139 Å². The van der Waals surface area contributed by atoms with Gasteiger partial charge in [0, 0.05) is 45.2 Å². The van der Waals surface area contributed by atoms with Gasteiger partial charge in [-0.25, -0.2) is 0 Å². The first-order chi connectivity index (χ1) is 11.1. The van der Waals surface area contributed by atoms with Gasteiger partial charge in [-0.1, -0.05) is 0 Å². The average Bonchev–Trinajstić information content (AvgIpc) is 3.17. The number of nitrogens with one attached hydrogen (secondary N) is 1. The van der Waals surface area contributed by atoms with Crippen molar-refractivity contribution < 1.29 is 9.59 Å². The maximum Gasteiger partial charge on any atom is 0.236 e. The van der Waals surface area contributed by atoms with Gasteiger partial charge in [-0.05, 0) is 45.2 Å². The second-order valence-electron chi connectivity index (χ2n) is 7.30. The molecule has 2 unspecified atom stereocenters. The molecule has 0 saturated carbocycles. The predicted octanol–water partition coefficient (Wildman–Crippen LogP) is 0.284. The van der Waals surface area contributed by atoms with Crippen molar-refractivity contribution >= 4 is 11.8 Å². The van der Waals surface area contributed by atoms with Crippen molar-refractivity contribution in [2.45, 2.75) is 51.1 Å². The third-order valence-corrected chi connectivity index (χ3v) is 5.44. The van der Waals surface area contributed by atoms with Crippen LogP contribution in [0.5, 0.6) is 0 Å². The lowest BCUT2D eigenvalue weighted by atomic mass is 10.1. The number of amides is 2. The molecule has 0 aromatic rings. The summed E-state index contributed by atoms with van der Waals surface area (Å²) >= 11 is 0. The molecule has 3 saturated heterocycles. The summed E-state index contributed by atoms with van der Waals surface area (Å²) in [6, 6.07) is 0.778. The molecule has 0 aliphatic carbocycles. The Morgan fingerprint density at radius 3 is 2.52 bits per heavy atom. The fraction of sp³-hybridized carbons (Fsp3) is 0.882. The highest BCUT2D eigenvalue weighted by molar-refractivity contribution is 5.78. The van der Waals surface area contributed by atoms with Crippen LogP contribution in [0.3, 0.4) is 0 Å². The zero-order chi connectivity index (χ0) is 16.2. The van der Waals surface area contributed by atoms with Gasteiger partial charge >= 0.3 is 0 Å². The number of carbonyl (C=O) groups excluding carboxylic acids is 2. The summed E-state index contributed by atoms with van der Waals surface area (Å²) in [4.78, 5) is 30.6. The second-order valence-corrected chi connectivity index (χ2v) is 7.30. The summed E-state index contributed by atoms with van der Waals surface area (Å²) in [5.74, 6) is 0.222. The lowest BCUT2D eigenvalue weighted by Gasteiger charge is -2.34. The first kappa shape index (κ1) is 16.7. The molecule has 2 atom stereocenters. The molecule has 1 N–H and O–H groups in total. The van der Waals surface area contributed by atoms with E-state index in [-0.39, 0.29) is 17.9 Å². The molecule has 6 nitrogen and oxygen atoms in total. The number of hydrogen-bond donors (Lipinski definition) is 1. The van der Waals surface area contributed by atoms with Crippen molar-refractivity contribution in [1.29, 1.82) is 0 Å². The predicted molar refractivity (Wildman–Crippen MR) is 89.1 cm³/mol. The van der Waals surface area contributed by atoms with Crippen LogP contribution in [0.15, 0.2) is 0 Å². The third-order valence-electron chi connectivity index (χ3n) is 5.44. The smallest absolute Gasteiger partial charge is 0.236 e. The Morgan fingerprint density at radius 2 is 1.78 bits per heavy atom. The zero-order valence-corrected chi connectivity index (χ0v) is 14.3. The van der Waals surface area contributed by atoms with Gasteiger partial charge in [0.25, 0.3) is 0 Å². The highest BCUT2D eigenvalue weighted by Gasteiger charge is 2.31. The standard InChI is InChI=1S/C17H30N4O2/c1-14(22)18-15-5-4-9-21(11-15)17(23)13-19-10-6-16(12-19)20-7-2-3-8-20/h15-16H,2-13H2,1H3,(H,18,22). The monoisotopic (exact) mass is 322 g/mol. The van der Waals surface area contributed by atoms with Gasteiger partial charge in [-0.3, -0.25) is 19.4 Å². The molecule has 3 fully saturated rings. The molecular weight excluding hydrogens is 292 g/mol. The Balaban J connectivity index is 1.44. The minimum atomic E-state index is -0.00250. The summed E-state index contributed by atoms with van der Waals surface area (Å²) in [7, 11) is 0. The maximum atomic E-state index is 12.6. The molecule has 3 heterocycles. The molecule has 0 aromatic heterocycles. The van der Waals surface area contributed by atoms with Gasteiger partial charge in [0.15, 0.2) is 0 Å². The number of rotatable bonds is 4. The fourth-order valence-corrected chi connectivity index (χ4v) is 4.26. The molecule has 0 bridgehead atoms. The van der Waals surface area contributed by atoms with E-state index in [1.807, 2.05) is 4.90 Å². The molecule has 2 amide bonds. The largest absolute Gasteiger partial charge is 0.352 e. The minimum Gasteiger partial charge on any atom is -0.352 e. The van der Waals surface area contributed by atoms with Crippen molar-refractivity contribution in [2.75, 3.05) is 45.8 Å². The van der Waals surface area contributed by atoms with Gasteiger partial charge in [-0.2, -0.15) is 0 Å². The van der Waals surface area contributed by atoms with E-state index in [0.29, 0.717) is 19.1 Å². The van der Waals surface area contributed by atoms with Crippen molar-refractivity contribution in [3.8, 4) is 0 Å².